The zero-order valence-corrected chi connectivity index (χ0v) is 9.24. The van der Waals surface area contributed by atoms with Gasteiger partial charge in [-0.25, -0.2) is 0 Å². The molecule has 0 aliphatic rings. The molecule has 0 bridgehead atoms. The smallest absolute Gasteiger partial charge is 0.209 e. The molecule has 0 rings (SSSR count). The van der Waals surface area contributed by atoms with Gasteiger partial charge in [-0.1, -0.05) is 0 Å². The predicted molar refractivity (Wildman–Crippen MR) is 52.5 cm³/mol. The van der Waals surface area contributed by atoms with Gasteiger partial charge in [0.15, 0.2) is 6.29 Å². The summed E-state index contributed by atoms with van der Waals surface area (Å²) >= 11 is 0. The van der Waals surface area contributed by atoms with E-state index in [2.05, 4.69) is 9.47 Å². The van der Waals surface area contributed by atoms with E-state index in [9.17, 15) is 4.79 Å². The number of methoxy groups -OCH3 is 2. The maximum absolute atomic E-state index is 9.89. The molecule has 0 aliphatic carbocycles. The van der Waals surface area contributed by atoms with Gasteiger partial charge in [0, 0.05) is 27.3 Å². The van der Waals surface area contributed by atoms with Crippen LogP contribution in [0.2, 0.25) is 0 Å². The van der Waals surface area contributed by atoms with Crippen molar-refractivity contribution in [2.75, 3.05) is 27.3 Å². The molecule has 1 amide bonds. The van der Waals surface area contributed by atoms with Gasteiger partial charge in [-0.3, -0.25) is 4.79 Å². The molecular formula is C9H21NO3. The van der Waals surface area contributed by atoms with Gasteiger partial charge in [0.25, 0.3) is 0 Å². The minimum atomic E-state index is -0.0648. The quantitative estimate of drug-likeness (QED) is 0.482. The van der Waals surface area contributed by atoms with Crippen molar-refractivity contribution in [3.63, 3.8) is 0 Å². The fourth-order valence-corrected chi connectivity index (χ4v) is 0.469. The Morgan fingerprint density at radius 2 is 1.62 bits per heavy atom. The lowest BCUT2D eigenvalue weighted by atomic mass is 10.6. The molecule has 80 valence electrons. The number of carbonyl (C=O) groups excluding carboxylic acids is 1. The Balaban J connectivity index is 0. The normalized spacial score (nSPS) is 9.08. The van der Waals surface area contributed by atoms with Crippen LogP contribution in [-0.4, -0.2) is 44.9 Å². The lowest BCUT2D eigenvalue weighted by Crippen LogP contribution is -2.19. The lowest BCUT2D eigenvalue weighted by molar-refractivity contribution is -0.117. The highest BCUT2D eigenvalue weighted by atomic mass is 16.7. The molecule has 0 aromatic heterocycles. The molecule has 0 unspecified atom stereocenters. The molecule has 0 N–H and O–H groups in total. The van der Waals surface area contributed by atoms with E-state index in [0.717, 1.165) is 19.5 Å². The van der Waals surface area contributed by atoms with Crippen LogP contribution in [0.5, 0.6) is 0 Å². The average Bonchev–Trinajstić information content (AvgIpc) is 2.20. The van der Waals surface area contributed by atoms with Gasteiger partial charge >= 0.3 is 0 Å². The first kappa shape index (κ1) is 14.9. The number of nitrogens with zero attached hydrogens (tertiary/aromatic N) is 1. The van der Waals surface area contributed by atoms with Crippen molar-refractivity contribution in [2.45, 2.75) is 27.1 Å². The van der Waals surface area contributed by atoms with Crippen LogP contribution < -0.4 is 0 Å². The Morgan fingerprint density at radius 3 is 1.62 bits per heavy atom. The van der Waals surface area contributed by atoms with Gasteiger partial charge in [0.2, 0.25) is 6.41 Å². The third kappa shape index (κ3) is 11.4. The van der Waals surface area contributed by atoms with Crippen molar-refractivity contribution in [3.8, 4) is 0 Å². The van der Waals surface area contributed by atoms with Crippen molar-refractivity contribution < 1.29 is 14.3 Å². The molecule has 0 atom stereocenters. The molecule has 13 heavy (non-hydrogen) atoms. The first-order valence-corrected chi connectivity index (χ1v) is 4.41. The molecule has 0 radical (unpaired) electrons. The number of hydrogen-bond acceptors (Lipinski definition) is 3. The van der Waals surface area contributed by atoms with E-state index in [0.29, 0.717) is 0 Å². The van der Waals surface area contributed by atoms with E-state index in [4.69, 9.17) is 0 Å². The van der Waals surface area contributed by atoms with Crippen molar-refractivity contribution in [2.24, 2.45) is 0 Å². The summed E-state index contributed by atoms with van der Waals surface area (Å²) in [4.78, 5) is 11.6. The molecule has 0 fully saturated rings. The number of amides is 1. The Hall–Kier alpha value is -0.610. The fourth-order valence-electron chi connectivity index (χ4n) is 0.469. The first-order chi connectivity index (χ1) is 6.15. The van der Waals surface area contributed by atoms with Crippen LogP contribution >= 0.6 is 0 Å². The van der Waals surface area contributed by atoms with Gasteiger partial charge in [0.1, 0.15) is 0 Å². The lowest BCUT2D eigenvalue weighted by Gasteiger charge is -2.08. The monoisotopic (exact) mass is 191 g/mol. The van der Waals surface area contributed by atoms with E-state index >= 15 is 0 Å². The summed E-state index contributed by atoms with van der Waals surface area (Å²) < 4.78 is 9.35. The zero-order chi connectivity index (χ0) is 10.7. The van der Waals surface area contributed by atoms with E-state index in [1.807, 2.05) is 20.8 Å². The standard InChI is InChI=1S/C5H11NO.C4H10O2/c1-3-6(4-2)5-7;1-4(5-2)6-3/h5H,3-4H2,1-2H3;4H,1-3H3. The summed E-state index contributed by atoms with van der Waals surface area (Å²) in [5, 5.41) is 0. The third-order valence-corrected chi connectivity index (χ3v) is 1.63. The minimum absolute atomic E-state index is 0.0648. The Kier molecular flexibility index (Phi) is 13.0. The SMILES string of the molecule is CCN(C=O)CC.COC(C)OC. The van der Waals surface area contributed by atoms with Crippen molar-refractivity contribution in [1.29, 1.82) is 0 Å². The Bertz CT molecular complexity index is 101. The molecule has 0 aliphatic heterocycles. The van der Waals surface area contributed by atoms with Crippen LogP contribution in [0.4, 0.5) is 0 Å². The number of hydrogen-bond donors (Lipinski definition) is 0. The molecule has 0 saturated heterocycles. The van der Waals surface area contributed by atoms with E-state index < -0.39 is 0 Å². The first-order valence-electron chi connectivity index (χ1n) is 4.41. The van der Waals surface area contributed by atoms with Crippen LogP contribution in [0.3, 0.4) is 0 Å². The summed E-state index contributed by atoms with van der Waals surface area (Å²) in [6.45, 7) is 7.38. The maximum atomic E-state index is 9.89. The van der Waals surface area contributed by atoms with Crippen LogP contribution in [0.25, 0.3) is 0 Å². The molecule has 0 aromatic rings. The van der Waals surface area contributed by atoms with Crippen LogP contribution in [0, 0.1) is 0 Å². The molecule has 4 heteroatoms. The maximum Gasteiger partial charge on any atom is 0.209 e. The number of ether oxygens (including phenoxy) is 2. The van der Waals surface area contributed by atoms with E-state index in [1.54, 1.807) is 19.1 Å². The second-order valence-corrected chi connectivity index (χ2v) is 2.37. The predicted octanol–water partition coefficient (Wildman–Crippen LogP) is 1.11. The van der Waals surface area contributed by atoms with E-state index in [-0.39, 0.29) is 6.29 Å². The summed E-state index contributed by atoms with van der Waals surface area (Å²) in [6.07, 6.45) is 0.796. The van der Waals surface area contributed by atoms with Gasteiger partial charge < -0.3 is 14.4 Å². The zero-order valence-electron chi connectivity index (χ0n) is 9.24. The van der Waals surface area contributed by atoms with Crippen LogP contribution in [0.15, 0.2) is 0 Å². The molecule has 0 heterocycles. The number of carbonyl (C=O) groups is 1. The topological polar surface area (TPSA) is 38.8 Å². The summed E-state index contributed by atoms with van der Waals surface area (Å²) in [7, 11) is 3.21. The minimum Gasteiger partial charge on any atom is -0.356 e. The Morgan fingerprint density at radius 1 is 1.23 bits per heavy atom. The second-order valence-electron chi connectivity index (χ2n) is 2.37. The highest BCUT2D eigenvalue weighted by Crippen LogP contribution is 1.83. The largest absolute Gasteiger partial charge is 0.356 e. The summed E-state index contributed by atoms with van der Waals surface area (Å²) in [5.74, 6) is 0. The molecule has 0 aromatic carbocycles. The average molecular weight is 191 g/mol. The van der Waals surface area contributed by atoms with Crippen LogP contribution in [0.1, 0.15) is 20.8 Å². The highest BCUT2D eigenvalue weighted by molar-refractivity contribution is 5.46. The van der Waals surface area contributed by atoms with Gasteiger partial charge in [0.05, 0.1) is 0 Å². The molecule has 0 saturated carbocycles. The van der Waals surface area contributed by atoms with Crippen molar-refractivity contribution >= 4 is 6.41 Å². The second kappa shape index (κ2) is 11.4. The van der Waals surface area contributed by atoms with Gasteiger partial charge in [-0.05, 0) is 20.8 Å². The highest BCUT2D eigenvalue weighted by Gasteiger charge is 1.88. The molecular weight excluding hydrogens is 170 g/mol. The van der Waals surface area contributed by atoms with E-state index in [1.165, 1.54) is 0 Å². The fraction of sp³-hybridized carbons (Fsp3) is 0.889. The van der Waals surface area contributed by atoms with Crippen molar-refractivity contribution in [3.05, 3.63) is 0 Å². The van der Waals surface area contributed by atoms with Gasteiger partial charge in [-0.15, -0.1) is 0 Å². The Labute approximate surface area is 80.8 Å². The third-order valence-electron chi connectivity index (χ3n) is 1.63. The van der Waals surface area contributed by atoms with Crippen LogP contribution in [-0.2, 0) is 14.3 Å². The number of rotatable bonds is 5. The van der Waals surface area contributed by atoms with Crippen molar-refractivity contribution in [1.82, 2.24) is 4.90 Å². The molecule has 0 spiro atoms. The van der Waals surface area contributed by atoms with Gasteiger partial charge in [-0.2, -0.15) is 0 Å². The summed E-state index contributed by atoms with van der Waals surface area (Å²) in [6, 6.07) is 0. The summed E-state index contributed by atoms with van der Waals surface area (Å²) in [5.41, 5.74) is 0. The molecule has 4 nitrogen and oxygen atoms in total.